The second-order valence-corrected chi connectivity index (χ2v) is 6.39. The molecule has 1 aromatic heterocycles. The molecule has 4 heteroatoms. The van der Waals surface area contributed by atoms with E-state index in [9.17, 15) is 10.2 Å². The minimum Gasteiger partial charge on any atom is -0.390 e. The molecule has 2 N–H and O–H groups in total. The average molecular weight is 266 g/mol. The minimum atomic E-state index is -0.922. The number of hydrogen-bond donors (Lipinski definition) is 2. The van der Waals surface area contributed by atoms with Crippen LogP contribution in [0.5, 0.6) is 0 Å². The molecule has 1 saturated carbocycles. The standard InChI is InChI=1S/C15H26N2O2/c1-11(2)17-9-6-13(16-17)10-14(18)15(19)7-4-12(3)5-8-15/h6,9,11-12,14,18-19H,4-5,7-8,10H2,1-3H3. The van der Waals surface area contributed by atoms with Crippen LogP contribution in [-0.2, 0) is 6.42 Å². The van der Waals surface area contributed by atoms with E-state index in [2.05, 4.69) is 25.9 Å². The lowest BCUT2D eigenvalue weighted by Crippen LogP contribution is -2.46. The summed E-state index contributed by atoms with van der Waals surface area (Å²) in [6.45, 7) is 6.35. The van der Waals surface area contributed by atoms with Crippen molar-refractivity contribution in [3.05, 3.63) is 18.0 Å². The molecular weight excluding hydrogens is 240 g/mol. The maximum Gasteiger partial charge on any atom is 0.0909 e. The van der Waals surface area contributed by atoms with Gasteiger partial charge in [-0.3, -0.25) is 4.68 Å². The van der Waals surface area contributed by atoms with Crippen LogP contribution in [0.25, 0.3) is 0 Å². The van der Waals surface area contributed by atoms with Gasteiger partial charge in [0.2, 0.25) is 0 Å². The highest BCUT2D eigenvalue weighted by Crippen LogP contribution is 2.35. The van der Waals surface area contributed by atoms with Crippen molar-refractivity contribution < 1.29 is 10.2 Å². The van der Waals surface area contributed by atoms with E-state index in [4.69, 9.17) is 0 Å². The summed E-state index contributed by atoms with van der Waals surface area (Å²) in [5, 5.41) is 25.3. The van der Waals surface area contributed by atoms with Gasteiger partial charge in [-0.2, -0.15) is 5.10 Å². The number of hydrogen-bond acceptors (Lipinski definition) is 3. The summed E-state index contributed by atoms with van der Waals surface area (Å²) < 4.78 is 1.88. The van der Waals surface area contributed by atoms with Gasteiger partial charge in [0.05, 0.1) is 17.4 Å². The Balaban J connectivity index is 1.97. The number of aliphatic hydroxyl groups is 2. The Kier molecular flexibility index (Phi) is 4.31. The van der Waals surface area contributed by atoms with Gasteiger partial charge in [-0.1, -0.05) is 6.92 Å². The van der Waals surface area contributed by atoms with E-state index in [0.717, 1.165) is 18.5 Å². The first-order chi connectivity index (χ1) is 8.90. The highest BCUT2D eigenvalue weighted by molar-refractivity contribution is 5.04. The van der Waals surface area contributed by atoms with Gasteiger partial charge in [0.15, 0.2) is 0 Å². The SMILES string of the molecule is CC1CCC(O)(C(O)Cc2ccn(C(C)C)n2)CC1. The molecule has 1 heterocycles. The van der Waals surface area contributed by atoms with Gasteiger partial charge in [-0.25, -0.2) is 0 Å². The maximum atomic E-state index is 10.6. The molecule has 0 spiro atoms. The van der Waals surface area contributed by atoms with Gasteiger partial charge in [0, 0.05) is 18.7 Å². The summed E-state index contributed by atoms with van der Waals surface area (Å²) in [4.78, 5) is 0. The van der Waals surface area contributed by atoms with Crippen molar-refractivity contribution in [3.63, 3.8) is 0 Å². The second kappa shape index (κ2) is 5.63. The fourth-order valence-corrected chi connectivity index (χ4v) is 2.76. The van der Waals surface area contributed by atoms with Crippen LogP contribution < -0.4 is 0 Å². The smallest absolute Gasteiger partial charge is 0.0909 e. The molecule has 0 bridgehead atoms. The van der Waals surface area contributed by atoms with Gasteiger partial charge in [0.1, 0.15) is 0 Å². The predicted molar refractivity (Wildman–Crippen MR) is 74.9 cm³/mol. The Morgan fingerprint density at radius 2 is 2.05 bits per heavy atom. The van der Waals surface area contributed by atoms with Crippen LogP contribution in [-0.4, -0.2) is 31.7 Å². The highest BCUT2D eigenvalue weighted by atomic mass is 16.3. The van der Waals surface area contributed by atoms with Crippen LogP contribution in [0.2, 0.25) is 0 Å². The predicted octanol–water partition coefficient (Wildman–Crippen LogP) is 2.31. The molecule has 0 aliphatic heterocycles. The molecule has 19 heavy (non-hydrogen) atoms. The van der Waals surface area contributed by atoms with Crippen molar-refractivity contribution in [3.8, 4) is 0 Å². The Hall–Kier alpha value is -0.870. The summed E-state index contributed by atoms with van der Waals surface area (Å²) >= 11 is 0. The lowest BCUT2D eigenvalue weighted by atomic mass is 9.75. The van der Waals surface area contributed by atoms with E-state index in [0.29, 0.717) is 31.2 Å². The fourth-order valence-electron chi connectivity index (χ4n) is 2.76. The van der Waals surface area contributed by atoms with Gasteiger partial charge < -0.3 is 10.2 Å². The Labute approximate surface area is 115 Å². The first kappa shape index (κ1) is 14.5. The average Bonchev–Trinajstić information content (AvgIpc) is 2.82. The zero-order chi connectivity index (χ0) is 14.0. The molecule has 0 aromatic carbocycles. The molecular formula is C15H26N2O2. The summed E-state index contributed by atoms with van der Waals surface area (Å²) in [6.07, 6.45) is 5.03. The summed E-state index contributed by atoms with van der Waals surface area (Å²) in [5.41, 5.74) is -0.0676. The van der Waals surface area contributed by atoms with Gasteiger partial charge in [-0.05, 0) is 51.5 Å². The minimum absolute atomic E-state index is 0.324. The van der Waals surface area contributed by atoms with E-state index >= 15 is 0 Å². The molecule has 1 atom stereocenters. The molecule has 1 aromatic rings. The lowest BCUT2D eigenvalue weighted by molar-refractivity contribution is -0.102. The van der Waals surface area contributed by atoms with Crippen LogP contribution in [0.15, 0.2) is 12.3 Å². The van der Waals surface area contributed by atoms with Crippen molar-refractivity contribution >= 4 is 0 Å². The van der Waals surface area contributed by atoms with Crippen molar-refractivity contribution in [2.24, 2.45) is 5.92 Å². The van der Waals surface area contributed by atoms with E-state index in [-0.39, 0.29) is 0 Å². The summed E-state index contributed by atoms with van der Waals surface area (Å²) in [7, 11) is 0. The van der Waals surface area contributed by atoms with Crippen molar-refractivity contribution in [2.75, 3.05) is 0 Å². The van der Waals surface area contributed by atoms with Crippen LogP contribution in [0.1, 0.15) is 58.2 Å². The van der Waals surface area contributed by atoms with E-state index in [1.165, 1.54) is 0 Å². The third kappa shape index (κ3) is 3.37. The third-order valence-electron chi connectivity index (χ3n) is 4.36. The number of nitrogens with zero attached hydrogens (tertiary/aromatic N) is 2. The molecule has 1 unspecified atom stereocenters. The van der Waals surface area contributed by atoms with Gasteiger partial charge in [-0.15, -0.1) is 0 Å². The van der Waals surface area contributed by atoms with Crippen LogP contribution in [0.4, 0.5) is 0 Å². The number of rotatable bonds is 4. The molecule has 4 nitrogen and oxygen atoms in total. The van der Waals surface area contributed by atoms with Crippen LogP contribution in [0.3, 0.4) is 0 Å². The van der Waals surface area contributed by atoms with Crippen LogP contribution in [0, 0.1) is 5.92 Å². The monoisotopic (exact) mass is 266 g/mol. The zero-order valence-corrected chi connectivity index (χ0v) is 12.2. The molecule has 1 aliphatic carbocycles. The van der Waals surface area contributed by atoms with Crippen molar-refractivity contribution in [1.82, 2.24) is 9.78 Å². The largest absolute Gasteiger partial charge is 0.390 e. The topological polar surface area (TPSA) is 58.3 Å². The van der Waals surface area contributed by atoms with E-state index in [1.807, 2.05) is 16.9 Å². The van der Waals surface area contributed by atoms with E-state index < -0.39 is 11.7 Å². The maximum absolute atomic E-state index is 10.6. The zero-order valence-electron chi connectivity index (χ0n) is 12.2. The molecule has 0 radical (unpaired) electrons. The molecule has 108 valence electrons. The summed E-state index contributed by atoms with van der Waals surface area (Å²) in [6, 6.07) is 2.25. The molecule has 1 aliphatic rings. The second-order valence-electron chi connectivity index (χ2n) is 6.39. The molecule has 1 fully saturated rings. The van der Waals surface area contributed by atoms with Crippen LogP contribution >= 0.6 is 0 Å². The van der Waals surface area contributed by atoms with Gasteiger partial charge in [0.25, 0.3) is 0 Å². The normalized spacial score (nSPS) is 29.7. The first-order valence-corrected chi connectivity index (χ1v) is 7.35. The third-order valence-corrected chi connectivity index (χ3v) is 4.36. The highest BCUT2D eigenvalue weighted by Gasteiger charge is 2.38. The Morgan fingerprint density at radius 3 is 2.58 bits per heavy atom. The number of aromatic nitrogens is 2. The first-order valence-electron chi connectivity index (χ1n) is 7.35. The fraction of sp³-hybridized carbons (Fsp3) is 0.800. The van der Waals surface area contributed by atoms with Crippen molar-refractivity contribution in [2.45, 2.75) is 70.6 Å². The Bertz CT molecular complexity index is 406. The Morgan fingerprint density at radius 1 is 1.42 bits per heavy atom. The molecule has 0 saturated heterocycles. The van der Waals surface area contributed by atoms with Gasteiger partial charge >= 0.3 is 0 Å². The molecule has 0 amide bonds. The lowest BCUT2D eigenvalue weighted by Gasteiger charge is -2.38. The molecule has 2 rings (SSSR count). The summed E-state index contributed by atoms with van der Waals surface area (Å²) in [5.74, 6) is 0.660. The quantitative estimate of drug-likeness (QED) is 0.879. The number of aliphatic hydroxyl groups excluding tert-OH is 1. The van der Waals surface area contributed by atoms with Crippen molar-refractivity contribution in [1.29, 1.82) is 0 Å². The van der Waals surface area contributed by atoms with E-state index in [1.54, 1.807) is 0 Å².